The smallest absolute Gasteiger partial charge is 0.220 e. The van der Waals surface area contributed by atoms with Gasteiger partial charge in [0.15, 0.2) is 5.82 Å². The van der Waals surface area contributed by atoms with Gasteiger partial charge in [-0.15, -0.1) is 5.10 Å². The van der Waals surface area contributed by atoms with Gasteiger partial charge in [0, 0.05) is 10.9 Å². The van der Waals surface area contributed by atoms with Gasteiger partial charge in [0.25, 0.3) is 0 Å². The number of piperidine rings is 1. The minimum atomic E-state index is -0.221. The van der Waals surface area contributed by atoms with Crippen molar-refractivity contribution in [3.05, 3.63) is 40.7 Å². The number of likely N-dealkylation sites (tertiary alicyclic amines) is 1. The first-order valence-electron chi connectivity index (χ1n) is 9.41. The molecule has 1 fully saturated rings. The number of aromatic nitrogens is 4. The molecule has 0 bridgehead atoms. The van der Waals surface area contributed by atoms with Crippen molar-refractivity contribution in [2.24, 2.45) is 11.7 Å². The molecule has 1 saturated heterocycles. The van der Waals surface area contributed by atoms with Crippen LogP contribution in [0, 0.1) is 5.92 Å². The van der Waals surface area contributed by atoms with E-state index in [1.54, 1.807) is 0 Å². The van der Waals surface area contributed by atoms with Crippen LogP contribution >= 0.6 is 11.6 Å². The van der Waals surface area contributed by atoms with Crippen LogP contribution in [0.2, 0.25) is 5.02 Å². The van der Waals surface area contributed by atoms with Crippen molar-refractivity contribution in [3.63, 3.8) is 0 Å². The predicted octanol–water partition coefficient (Wildman–Crippen LogP) is 2.76. The Morgan fingerprint density at radius 1 is 1.33 bits per heavy atom. The second-order valence-corrected chi connectivity index (χ2v) is 8.16. The van der Waals surface area contributed by atoms with E-state index < -0.39 is 0 Å². The zero-order chi connectivity index (χ0) is 19.6. The standard InChI is InChI=1S/C19H27ClN6O/c1-4-19(2,3)26-18(22-23-24-26)16(14-7-5-6-8-15(14)20)25-11-9-13(10-12-25)17(21)27/h5-8,13,16H,4,9-12H2,1-3H3,(H2,21,27)/t16-/m0/s1. The van der Waals surface area contributed by atoms with E-state index in [9.17, 15) is 4.79 Å². The third kappa shape index (κ3) is 3.99. The normalized spacial score (nSPS) is 17.8. The fraction of sp³-hybridized carbons (Fsp3) is 0.579. The number of nitrogens with zero attached hydrogens (tertiary/aromatic N) is 5. The molecule has 1 atom stereocenters. The lowest BCUT2D eigenvalue weighted by atomic mass is 9.93. The molecule has 1 amide bonds. The number of hydrogen-bond donors (Lipinski definition) is 1. The zero-order valence-corrected chi connectivity index (χ0v) is 16.9. The molecule has 1 aliphatic heterocycles. The van der Waals surface area contributed by atoms with E-state index in [4.69, 9.17) is 17.3 Å². The Morgan fingerprint density at radius 2 is 2.00 bits per heavy atom. The number of benzene rings is 1. The first-order chi connectivity index (χ1) is 12.8. The van der Waals surface area contributed by atoms with Crippen LogP contribution in [0.15, 0.2) is 24.3 Å². The van der Waals surface area contributed by atoms with E-state index in [2.05, 4.69) is 41.2 Å². The summed E-state index contributed by atoms with van der Waals surface area (Å²) in [5, 5.41) is 13.3. The van der Waals surface area contributed by atoms with E-state index in [1.165, 1.54) is 0 Å². The molecule has 0 spiro atoms. The highest BCUT2D eigenvalue weighted by Crippen LogP contribution is 2.36. The first-order valence-corrected chi connectivity index (χ1v) is 9.79. The van der Waals surface area contributed by atoms with Gasteiger partial charge < -0.3 is 5.73 Å². The second kappa shape index (κ2) is 7.94. The van der Waals surface area contributed by atoms with Gasteiger partial charge in [0.2, 0.25) is 5.91 Å². The van der Waals surface area contributed by atoms with Gasteiger partial charge in [-0.1, -0.05) is 36.7 Å². The third-order valence-electron chi connectivity index (χ3n) is 5.67. The van der Waals surface area contributed by atoms with Crippen molar-refractivity contribution in [2.75, 3.05) is 13.1 Å². The van der Waals surface area contributed by atoms with E-state index in [1.807, 2.05) is 28.9 Å². The molecule has 2 aromatic rings. The number of primary amides is 1. The maximum Gasteiger partial charge on any atom is 0.220 e. The molecule has 27 heavy (non-hydrogen) atoms. The molecule has 1 aromatic carbocycles. The van der Waals surface area contributed by atoms with Crippen molar-refractivity contribution < 1.29 is 4.79 Å². The van der Waals surface area contributed by atoms with Crippen LogP contribution < -0.4 is 5.73 Å². The second-order valence-electron chi connectivity index (χ2n) is 7.75. The van der Waals surface area contributed by atoms with Gasteiger partial charge in [-0.25, -0.2) is 4.68 Å². The average Bonchev–Trinajstić information content (AvgIpc) is 3.14. The maximum atomic E-state index is 11.6. The number of carbonyl (C=O) groups is 1. The van der Waals surface area contributed by atoms with Crippen molar-refractivity contribution in [1.82, 2.24) is 25.1 Å². The van der Waals surface area contributed by atoms with Gasteiger partial charge in [0.05, 0.1) is 11.6 Å². The zero-order valence-electron chi connectivity index (χ0n) is 16.1. The van der Waals surface area contributed by atoms with Gasteiger partial charge in [-0.05, 0) is 68.3 Å². The Kier molecular flexibility index (Phi) is 5.81. The quantitative estimate of drug-likeness (QED) is 0.818. The summed E-state index contributed by atoms with van der Waals surface area (Å²) in [5.41, 5.74) is 6.26. The minimum Gasteiger partial charge on any atom is -0.369 e. The summed E-state index contributed by atoms with van der Waals surface area (Å²) < 4.78 is 1.90. The summed E-state index contributed by atoms with van der Waals surface area (Å²) >= 11 is 6.56. The molecule has 3 rings (SSSR count). The Labute approximate surface area is 164 Å². The first kappa shape index (κ1) is 19.8. The molecule has 2 heterocycles. The van der Waals surface area contributed by atoms with Crippen LogP contribution in [-0.4, -0.2) is 44.1 Å². The maximum absolute atomic E-state index is 11.6. The molecule has 0 aliphatic carbocycles. The Balaban J connectivity index is 2.02. The summed E-state index contributed by atoms with van der Waals surface area (Å²) in [7, 11) is 0. The van der Waals surface area contributed by atoms with Crippen molar-refractivity contribution in [2.45, 2.75) is 51.6 Å². The molecular formula is C19H27ClN6O. The highest BCUT2D eigenvalue weighted by Gasteiger charge is 2.36. The van der Waals surface area contributed by atoms with Crippen LogP contribution in [0.25, 0.3) is 0 Å². The molecule has 2 N–H and O–H groups in total. The van der Waals surface area contributed by atoms with Gasteiger partial charge in [-0.2, -0.15) is 0 Å². The van der Waals surface area contributed by atoms with Crippen LogP contribution in [0.5, 0.6) is 0 Å². The lowest BCUT2D eigenvalue weighted by molar-refractivity contribution is -0.123. The van der Waals surface area contributed by atoms with E-state index >= 15 is 0 Å². The van der Waals surface area contributed by atoms with E-state index in [-0.39, 0.29) is 23.4 Å². The van der Waals surface area contributed by atoms with Crippen LogP contribution in [0.3, 0.4) is 0 Å². The number of amides is 1. The van der Waals surface area contributed by atoms with E-state index in [0.29, 0.717) is 5.02 Å². The predicted molar refractivity (Wildman–Crippen MR) is 104 cm³/mol. The number of halogens is 1. The largest absolute Gasteiger partial charge is 0.369 e. The number of rotatable bonds is 6. The summed E-state index contributed by atoms with van der Waals surface area (Å²) in [5.74, 6) is 0.476. The summed E-state index contributed by atoms with van der Waals surface area (Å²) in [6.07, 6.45) is 2.36. The third-order valence-corrected chi connectivity index (χ3v) is 6.02. The molecule has 0 saturated carbocycles. The molecular weight excluding hydrogens is 364 g/mol. The molecule has 1 aliphatic rings. The summed E-state index contributed by atoms with van der Waals surface area (Å²) in [6.45, 7) is 7.84. The molecule has 0 unspecified atom stereocenters. The Hall–Kier alpha value is -1.99. The lowest BCUT2D eigenvalue weighted by Crippen LogP contribution is -2.42. The molecule has 8 heteroatoms. The minimum absolute atomic E-state index is 0.0729. The lowest BCUT2D eigenvalue weighted by Gasteiger charge is -2.37. The monoisotopic (exact) mass is 390 g/mol. The highest BCUT2D eigenvalue weighted by molar-refractivity contribution is 6.31. The molecule has 7 nitrogen and oxygen atoms in total. The average molecular weight is 391 g/mol. The van der Waals surface area contributed by atoms with Gasteiger partial charge in [0.1, 0.15) is 0 Å². The van der Waals surface area contributed by atoms with Gasteiger partial charge >= 0.3 is 0 Å². The van der Waals surface area contributed by atoms with Crippen molar-refractivity contribution in [1.29, 1.82) is 0 Å². The van der Waals surface area contributed by atoms with Crippen molar-refractivity contribution >= 4 is 17.5 Å². The molecule has 0 radical (unpaired) electrons. The number of nitrogens with two attached hydrogens (primary N) is 1. The summed E-state index contributed by atoms with van der Waals surface area (Å²) in [4.78, 5) is 13.9. The highest BCUT2D eigenvalue weighted by atomic mass is 35.5. The van der Waals surface area contributed by atoms with E-state index in [0.717, 1.165) is 43.7 Å². The topological polar surface area (TPSA) is 89.9 Å². The number of carbonyl (C=O) groups excluding carboxylic acids is 1. The van der Waals surface area contributed by atoms with Crippen molar-refractivity contribution in [3.8, 4) is 0 Å². The SMILES string of the molecule is CCC(C)(C)n1nnnc1[C@H](c1ccccc1Cl)N1CCC(C(N)=O)CC1. The molecule has 1 aromatic heterocycles. The fourth-order valence-corrected chi connectivity index (χ4v) is 3.82. The Morgan fingerprint density at radius 3 is 2.59 bits per heavy atom. The van der Waals surface area contributed by atoms with Crippen LogP contribution in [-0.2, 0) is 10.3 Å². The van der Waals surface area contributed by atoms with Gasteiger partial charge in [-0.3, -0.25) is 9.69 Å². The number of hydrogen-bond acceptors (Lipinski definition) is 5. The van der Waals surface area contributed by atoms with Crippen LogP contribution in [0.1, 0.15) is 57.5 Å². The molecule has 146 valence electrons. The number of tetrazole rings is 1. The summed E-state index contributed by atoms with van der Waals surface area (Å²) in [6, 6.07) is 7.63. The fourth-order valence-electron chi connectivity index (χ4n) is 3.58. The Bertz CT molecular complexity index is 797. The van der Waals surface area contributed by atoms with Crippen LogP contribution in [0.4, 0.5) is 0 Å².